The van der Waals surface area contributed by atoms with Crippen LogP contribution in [0, 0.1) is 0 Å². The van der Waals surface area contributed by atoms with Gasteiger partial charge in [0.2, 0.25) is 0 Å². The average Bonchev–Trinajstić information content (AvgIpc) is 2.68. The second kappa shape index (κ2) is 8.51. The van der Waals surface area contributed by atoms with Gasteiger partial charge in [-0.2, -0.15) is 0 Å². The fourth-order valence-electron chi connectivity index (χ4n) is 4.16. The maximum Gasteiger partial charge on any atom is 0.469 e. The van der Waals surface area contributed by atoms with Crippen molar-refractivity contribution in [3.63, 3.8) is 0 Å². The number of halogens is 1. The third-order valence-corrected chi connectivity index (χ3v) is 6.42. The predicted molar refractivity (Wildman–Crippen MR) is 118 cm³/mol. The fourth-order valence-corrected chi connectivity index (χ4v) is 4.95. The number of hydrogen-bond acceptors (Lipinski definition) is 7. The van der Waals surface area contributed by atoms with Crippen molar-refractivity contribution in [3.05, 3.63) is 57.2 Å². The molecule has 1 aliphatic rings. The summed E-state index contributed by atoms with van der Waals surface area (Å²) in [6.45, 7) is 0.716. The van der Waals surface area contributed by atoms with E-state index in [-0.39, 0.29) is 34.6 Å². The van der Waals surface area contributed by atoms with Gasteiger partial charge in [-0.3, -0.25) is 9.32 Å². The topological polar surface area (TPSA) is 141 Å². The lowest BCUT2D eigenvalue weighted by Crippen LogP contribution is -2.41. The van der Waals surface area contributed by atoms with Gasteiger partial charge in [0.25, 0.3) is 0 Å². The lowest BCUT2D eigenvalue weighted by molar-refractivity contribution is 0.0544. The summed E-state index contributed by atoms with van der Waals surface area (Å²) in [6.07, 6.45) is -0.642. The highest BCUT2D eigenvalue weighted by atomic mass is 35.5. The number of hydrogen-bond donors (Lipinski definition) is 4. The fraction of sp³-hybridized carbons (Fsp3) is 0.286. The number of aromatic hydroxyl groups is 2. The summed E-state index contributed by atoms with van der Waals surface area (Å²) in [7, 11) is -3.07. The van der Waals surface area contributed by atoms with Crippen molar-refractivity contribution in [2.24, 2.45) is 0 Å². The first-order valence-electron chi connectivity index (χ1n) is 9.75. The van der Waals surface area contributed by atoms with E-state index >= 15 is 0 Å². The molecule has 4 rings (SSSR count). The van der Waals surface area contributed by atoms with E-state index in [1.807, 2.05) is 4.90 Å². The summed E-state index contributed by atoms with van der Waals surface area (Å²) in [5.74, 6) is -1.43. The molecule has 1 aliphatic heterocycles. The third kappa shape index (κ3) is 4.41. The van der Waals surface area contributed by atoms with Crippen LogP contribution in [0.1, 0.15) is 17.9 Å². The first kappa shape index (κ1) is 22.8. The molecule has 2 atom stereocenters. The van der Waals surface area contributed by atoms with Crippen LogP contribution >= 0.6 is 19.4 Å². The molecule has 4 N–H and O–H groups in total. The van der Waals surface area contributed by atoms with Crippen molar-refractivity contribution in [3.8, 4) is 22.8 Å². The van der Waals surface area contributed by atoms with Crippen molar-refractivity contribution in [2.45, 2.75) is 18.4 Å². The molecule has 0 amide bonds. The summed E-state index contributed by atoms with van der Waals surface area (Å²) in [5, 5.41) is 21.3. The maximum absolute atomic E-state index is 12.9. The second-order valence-electron chi connectivity index (χ2n) is 7.78. The van der Waals surface area contributed by atoms with Crippen LogP contribution in [0.5, 0.6) is 11.5 Å². The Bertz CT molecular complexity index is 1290. The number of nitrogens with zero attached hydrogens (tertiary/aromatic N) is 1. The van der Waals surface area contributed by atoms with Crippen LogP contribution in [-0.4, -0.2) is 51.1 Å². The highest BCUT2D eigenvalue weighted by Gasteiger charge is 2.38. The van der Waals surface area contributed by atoms with Gasteiger partial charge >= 0.3 is 7.82 Å². The molecular weight excluding hydrogens is 461 g/mol. The molecule has 9 nitrogen and oxygen atoms in total. The second-order valence-corrected chi connectivity index (χ2v) is 9.38. The van der Waals surface area contributed by atoms with E-state index < -0.39 is 31.0 Å². The van der Waals surface area contributed by atoms with E-state index in [1.54, 1.807) is 31.3 Å². The van der Waals surface area contributed by atoms with E-state index in [2.05, 4.69) is 0 Å². The molecule has 0 aliphatic carbocycles. The monoisotopic (exact) mass is 481 g/mol. The molecule has 1 aromatic heterocycles. The summed E-state index contributed by atoms with van der Waals surface area (Å²) in [5.41, 5.74) is -0.0669. The van der Waals surface area contributed by atoms with Gasteiger partial charge in [0.05, 0.1) is 11.1 Å². The van der Waals surface area contributed by atoms with Gasteiger partial charge < -0.3 is 29.3 Å². The first-order chi connectivity index (χ1) is 15.0. The summed E-state index contributed by atoms with van der Waals surface area (Å²) < 4.78 is 22.6. The van der Waals surface area contributed by atoms with E-state index in [9.17, 15) is 29.4 Å². The SMILES string of the molecule is CN1CCC(c2c(O)cc(O)c3c(=O)cc(-c4ccccc4Cl)oc23)C(OP(=O)(O)O)C1. The third-order valence-electron chi connectivity index (χ3n) is 5.54. The molecule has 170 valence electrons. The Morgan fingerprint density at radius 1 is 1.19 bits per heavy atom. The lowest BCUT2D eigenvalue weighted by atomic mass is 9.85. The van der Waals surface area contributed by atoms with E-state index in [0.717, 1.165) is 6.07 Å². The quantitative estimate of drug-likeness (QED) is 0.412. The van der Waals surface area contributed by atoms with Gasteiger partial charge in [0.15, 0.2) is 5.43 Å². The molecule has 0 bridgehead atoms. The molecule has 1 saturated heterocycles. The number of phenols is 2. The van der Waals surface area contributed by atoms with Crippen molar-refractivity contribution in [2.75, 3.05) is 20.1 Å². The predicted octanol–water partition coefficient (Wildman–Crippen LogP) is 3.42. The molecule has 3 aromatic rings. The van der Waals surface area contributed by atoms with Crippen LogP contribution < -0.4 is 5.43 Å². The van der Waals surface area contributed by atoms with E-state index in [0.29, 0.717) is 23.6 Å². The van der Waals surface area contributed by atoms with Gasteiger partial charge in [0, 0.05) is 35.7 Å². The molecule has 1 fully saturated rings. The zero-order valence-corrected chi connectivity index (χ0v) is 18.6. The van der Waals surface area contributed by atoms with Crippen LogP contribution in [0.2, 0.25) is 5.02 Å². The summed E-state index contributed by atoms with van der Waals surface area (Å²) in [6, 6.07) is 8.94. The molecule has 0 radical (unpaired) electrons. The largest absolute Gasteiger partial charge is 0.507 e. The number of fused-ring (bicyclic) bond motifs is 1. The number of phenolic OH excluding ortho intramolecular Hbond substituents is 2. The molecule has 2 heterocycles. The maximum atomic E-state index is 12.9. The van der Waals surface area contributed by atoms with Crippen LogP contribution in [0.4, 0.5) is 0 Å². The van der Waals surface area contributed by atoms with Crippen molar-refractivity contribution in [1.29, 1.82) is 0 Å². The Morgan fingerprint density at radius 3 is 2.59 bits per heavy atom. The van der Waals surface area contributed by atoms with Crippen LogP contribution in [0.25, 0.3) is 22.3 Å². The number of piperidine rings is 1. The molecule has 2 aromatic carbocycles. The normalized spacial score (nSPS) is 20.0. The standard InChI is InChI=1S/C21H21ClNO8P/c1-23-7-6-12(18(10-23)31-32(27,28)29)19-14(24)8-15(25)20-16(26)9-17(30-21(19)20)11-4-2-3-5-13(11)22/h2-5,8-9,12,18,24-25H,6-7,10H2,1H3,(H2,27,28,29). The Labute approximate surface area is 187 Å². The molecule has 2 unspecified atom stereocenters. The number of likely N-dealkylation sites (N-methyl/N-ethyl adjacent to an activating group) is 1. The molecule has 32 heavy (non-hydrogen) atoms. The van der Waals surface area contributed by atoms with Gasteiger partial charge in [-0.25, -0.2) is 4.57 Å². The highest BCUT2D eigenvalue weighted by molar-refractivity contribution is 7.46. The first-order valence-corrected chi connectivity index (χ1v) is 11.7. The smallest absolute Gasteiger partial charge is 0.469 e. The van der Waals surface area contributed by atoms with Gasteiger partial charge in [-0.15, -0.1) is 0 Å². The molecular formula is C21H21ClNO8P. The Kier molecular flexibility index (Phi) is 6.06. The number of phosphoric ester groups is 1. The van der Waals surface area contributed by atoms with Crippen LogP contribution in [-0.2, 0) is 9.09 Å². The van der Waals surface area contributed by atoms with Crippen molar-refractivity contribution in [1.82, 2.24) is 4.90 Å². The number of rotatable bonds is 4. The number of likely N-dealkylation sites (tertiary alicyclic amines) is 1. The minimum absolute atomic E-state index is 0.0845. The molecule has 11 heteroatoms. The van der Waals surface area contributed by atoms with Crippen LogP contribution in [0.15, 0.2) is 45.6 Å². The van der Waals surface area contributed by atoms with E-state index in [1.165, 1.54) is 6.07 Å². The molecule has 0 spiro atoms. The van der Waals surface area contributed by atoms with Crippen molar-refractivity contribution >= 4 is 30.4 Å². The van der Waals surface area contributed by atoms with Gasteiger partial charge in [0.1, 0.15) is 28.2 Å². The Balaban J connectivity index is 1.97. The van der Waals surface area contributed by atoms with E-state index in [4.69, 9.17) is 20.5 Å². The zero-order valence-electron chi connectivity index (χ0n) is 16.9. The lowest BCUT2D eigenvalue weighted by Gasteiger charge is -2.36. The number of benzene rings is 2. The van der Waals surface area contributed by atoms with Crippen LogP contribution in [0.3, 0.4) is 0 Å². The summed E-state index contributed by atoms with van der Waals surface area (Å²) >= 11 is 6.25. The van der Waals surface area contributed by atoms with Gasteiger partial charge in [-0.05, 0) is 32.1 Å². The van der Waals surface area contributed by atoms with Gasteiger partial charge in [-0.1, -0.05) is 23.7 Å². The van der Waals surface area contributed by atoms with Crippen molar-refractivity contribution < 1.29 is 33.5 Å². The average molecular weight is 482 g/mol. The zero-order chi connectivity index (χ0) is 23.2. The Hall–Kier alpha value is -2.39. The minimum Gasteiger partial charge on any atom is -0.507 e. The minimum atomic E-state index is -4.84. The summed E-state index contributed by atoms with van der Waals surface area (Å²) in [4.78, 5) is 33.5. The highest BCUT2D eigenvalue weighted by Crippen LogP contribution is 2.47. The number of phosphoric acid groups is 1. The molecule has 0 saturated carbocycles. The Morgan fingerprint density at radius 2 is 1.91 bits per heavy atom.